The highest BCUT2D eigenvalue weighted by Gasteiger charge is 2.28. The van der Waals surface area contributed by atoms with Crippen LogP contribution in [0.4, 0.5) is 0 Å². The second-order valence-corrected chi connectivity index (χ2v) is 5.82. The van der Waals surface area contributed by atoms with Gasteiger partial charge in [0.25, 0.3) is 0 Å². The Balaban J connectivity index is 2.40. The lowest BCUT2D eigenvalue weighted by atomic mass is 10.1. The highest BCUT2D eigenvalue weighted by atomic mass is 16.6. The summed E-state index contributed by atoms with van der Waals surface area (Å²) in [7, 11) is 1.24. The average molecular weight is 402 g/mol. The van der Waals surface area contributed by atoms with Crippen LogP contribution in [0.5, 0.6) is 17.2 Å². The number of esters is 2. The van der Waals surface area contributed by atoms with Crippen molar-refractivity contribution in [3.8, 4) is 17.2 Å². The maximum Gasteiger partial charge on any atom is 0.351 e. The van der Waals surface area contributed by atoms with E-state index >= 15 is 0 Å². The molecule has 7 heteroatoms. The molecule has 0 bridgehead atoms. The molecule has 0 aliphatic heterocycles. The highest BCUT2D eigenvalue weighted by molar-refractivity contribution is 5.93. The van der Waals surface area contributed by atoms with Gasteiger partial charge in [0, 0.05) is 5.56 Å². The zero-order valence-electron chi connectivity index (χ0n) is 17.1. The van der Waals surface area contributed by atoms with Crippen molar-refractivity contribution in [1.29, 1.82) is 0 Å². The van der Waals surface area contributed by atoms with E-state index in [2.05, 4.69) is 0 Å². The van der Waals surface area contributed by atoms with Gasteiger partial charge in [-0.05, 0) is 32.9 Å². The summed E-state index contributed by atoms with van der Waals surface area (Å²) in [5, 5.41) is 0. The minimum Gasteiger partial charge on any atom is -0.490 e. The van der Waals surface area contributed by atoms with Gasteiger partial charge in [-0.1, -0.05) is 30.3 Å². The van der Waals surface area contributed by atoms with Crippen LogP contribution >= 0.6 is 0 Å². The number of hydrogen-bond donors (Lipinski definition) is 0. The molecule has 0 N–H and O–H groups in total. The van der Waals surface area contributed by atoms with Crippen molar-refractivity contribution in [3.05, 3.63) is 53.6 Å². The maximum absolute atomic E-state index is 12.8. The van der Waals surface area contributed by atoms with Gasteiger partial charge in [0.05, 0.1) is 32.5 Å². The molecule has 1 unspecified atom stereocenters. The molecule has 0 amide bonds. The molecular weight excluding hydrogens is 376 g/mol. The Morgan fingerprint density at radius 1 is 0.862 bits per heavy atom. The van der Waals surface area contributed by atoms with Crippen LogP contribution in [0.15, 0.2) is 42.5 Å². The van der Waals surface area contributed by atoms with Crippen LogP contribution in [0.1, 0.15) is 42.8 Å². The fourth-order valence-corrected chi connectivity index (χ4v) is 2.67. The predicted molar refractivity (Wildman–Crippen MR) is 107 cm³/mol. The minimum atomic E-state index is -1.19. The normalized spacial score (nSPS) is 11.3. The van der Waals surface area contributed by atoms with E-state index < -0.39 is 18.0 Å². The first-order chi connectivity index (χ1) is 14.0. The summed E-state index contributed by atoms with van der Waals surface area (Å²) in [5.74, 6) is -0.247. The van der Waals surface area contributed by atoms with Gasteiger partial charge in [0.1, 0.15) is 0 Å². The molecule has 0 spiro atoms. The van der Waals surface area contributed by atoms with Crippen molar-refractivity contribution in [2.24, 2.45) is 0 Å². The first kappa shape index (κ1) is 22.1. The van der Waals surface area contributed by atoms with E-state index in [-0.39, 0.29) is 5.56 Å². The van der Waals surface area contributed by atoms with E-state index in [1.54, 1.807) is 30.3 Å². The van der Waals surface area contributed by atoms with Crippen LogP contribution in [-0.2, 0) is 14.3 Å². The number of benzene rings is 2. The number of hydrogen-bond acceptors (Lipinski definition) is 7. The second kappa shape index (κ2) is 10.9. The van der Waals surface area contributed by atoms with E-state index in [1.807, 2.05) is 20.8 Å². The number of methoxy groups -OCH3 is 1. The van der Waals surface area contributed by atoms with E-state index in [4.69, 9.17) is 23.7 Å². The Bertz CT molecular complexity index is 790. The zero-order chi connectivity index (χ0) is 21.2. The number of rotatable bonds is 10. The largest absolute Gasteiger partial charge is 0.490 e. The Morgan fingerprint density at radius 2 is 1.41 bits per heavy atom. The van der Waals surface area contributed by atoms with Crippen molar-refractivity contribution in [2.75, 3.05) is 26.9 Å². The molecule has 29 heavy (non-hydrogen) atoms. The topological polar surface area (TPSA) is 80.3 Å². The molecule has 0 fully saturated rings. The van der Waals surface area contributed by atoms with Gasteiger partial charge in [-0.15, -0.1) is 0 Å². The lowest BCUT2D eigenvalue weighted by Crippen LogP contribution is -2.21. The quantitative estimate of drug-likeness (QED) is 0.557. The number of ether oxygens (including phenoxy) is 5. The average Bonchev–Trinajstić information content (AvgIpc) is 2.74. The van der Waals surface area contributed by atoms with E-state index in [0.29, 0.717) is 42.6 Å². The molecular formula is C22H26O7. The van der Waals surface area contributed by atoms with E-state index in [0.717, 1.165) is 0 Å². The lowest BCUT2D eigenvalue weighted by Gasteiger charge is -2.19. The Kier molecular flexibility index (Phi) is 8.33. The van der Waals surface area contributed by atoms with Crippen molar-refractivity contribution in [2.45, 2.75) is 26.9 Å². The predicted octanol–water partition coefficient (Wildman–Crippen LogP) is 3.95. The summed E-state index contributed by atoms with van der Waals surface area (Å²) in [5.41, 5.74) is 0.680. The Hall–Kier alpha value is -3.22. The second-order valence-electron chi connectivity index (χ2n) is 5.82. The molecule has 7 nitrogen and oxygen atoms in total. The van der Waals surface area contributed by atoms with Crippen molar-refractivity contribution >= 4 is 11.9 Å². The third kappa shape index (κ3) is 5.63. The van der Waals surface area contributed by atoms with E-state index in [1.165, 1.54) is 19.2 Å². The minimum absolute atomic E-state index is 0.171. The maximum atomic E-state index is 12.8. The van der Waals surface area contributed by atoms with Gasteiger partial charge in [0.2, 0.25) is 11.9 Å². The summed E-state index contributed by atoms with van der Waals surface area (Å²) < 4.78 is 27.1. The summed E-state index contributed by atoms with van der Waals surface area (Å²) in [6.45, 7) is 6.64. The molecule has 2 aromatic carbocycles. The lowest BCUT2D eigenvalue weighted by molar-refractivity contribution is -0.151. The monoisotopic (exact) mass is 402 g/mol. The number of carbonyl (C=O) groups excluding carboxylic acids is 2. The van der Waals surface area contributed by atoms with Gasteiger partial charge in [0.15, 0.2) is 11.5 Å². The van der Waals surface area contributed by atoms with E-state index in [9.17, 15) is 9.59 Å². The molecule has 2 aromatic rings. The van der Waals surface area contributed by atoms with Crippen molar-refractivity contribution in [3.63, 3.8) is 0 Å². The molecule has 1 atom stereocenters. The molecule has 0 heterocycles. The van der Waals surface area contributed by atoms with Gasteiger partial charge in [-0.3, -0.25) is 0 Å². The van der Waals surface area contributed by atoms with Crippen LogP contribution in [0.2, 0.25) is 0 Å². The van der Waals surface area contributed by atoms with Crippen LogP contribution in [0, 0.1) is 0 Å². The van der Waals surface area contributed by atoms with Gasteiger partial charge >= 0.3 is 11.9 Å². The molecule has 0 radical (unpaired) electrons. The smallest absolute Gasteiger partial charge is 0.351 e. The van der Waals surface area contributed by atoms with Gasteiger partial charge in [-0.25, -0.2) is 9.59 Å². The third-order valence-corrected chi connectivity index (χ3v) is 3.89. The first-order valence-electron chi connectivity index (χ1n) is 9.45. The van der Waals surface area contributed by atoms with Gasteiger partial charge < -0.3 is 23.7 Å². The Labute approximate surface area is 170 Å². The molecule has 0 aliphatic rings. The molecule has 0 saturated heterocycles. The summed E-state index contributed by atoms with van der Waals surface area (Å²) in [6.07, 6.45) is -1.19. The standard InChI is InChI=1S/C22H26O7/c1-5-26-17-13-16(14-18(27-6-2)20(17)28-7-3)21(23)29-19(22(24)25-4)15-11-9-8-10-12-15/h8-14,19H,5-7H2,1-4H3. The molecule has 156 valence electrons. The third-order valence-electron chi connectivity index (χ3n) is 3.89. The summed E-state index contributed by atoms with van der Waals surface area (Å²) >= 11 is 0. The summed E-state index contributed by atoms with van der Waals surface area (Å²) in [4.78, 5) is 25.0. The first-order valence-corrected chi connectivity index (χ1v) is 9.45. The fraction of sp³-hybridized carbons (Fsp3) is 0.364. The molecule has 2 rings (SSSR count). The Morgan fingerprint density at radius 3 is 1.90 bits per heavy atom. The summed E-state index contributed by atoms with van der Waals surface area (Å²) in [6, 6.07) is 11.7. The SMILES string of the molecule is CCOc1cc(C(=O)OC(C(=O)OC)c2ccccc2)cc(OCC)c1OCC. The zero-order valence-corrected chi connectivity index (χ0v) is 17.1. The van der Waals surface area contributed by atoms with Crippen LogP contribution in [0.3, 0.4) is 0 Å². The van der Waals surface area contributed by atoms with Crippen molar-refractivity contribution in [1.82, 2.24) is 0 Å². The van der Waals surface area contributed by atoms with Crippen LogP contribution in [-0.4, -0.2) is 38.9 Å². The molecule has 0 aliphatic carbocycles. The molecule has 0 aromatic heterocycles. The van der Waals surface area contributed by atoms with Crippen LogP contribution in [0.25, 0.3) is 0 Å². The highest BCUT2D eigenvalue weighted by Crippen LogP contribution is 2.39. The number of carbonyl (C=O) groups is 2. The van der Waals surface area contributed by atoms with Crippen LogP contribution < -0.4 is 14.2 Å². The van der Waals surface area contributed by atoms with Crippen molar-refractivity contribution < 1.29 is 33.3 Å². The fourth-order valence-electron chi connectivity index (χ4n) is 2.67. The molecule has 0 saturated carbocycles. The van der Waals surface area contributed by atoms with Gasteiger partial charge in [-0.2, -0.15) is 0 Å².